The van der Waals surface area contributed by atoms with Crippen LogP contribution in [0.3, 0.4) is 0 Å². The van der Waals surface area contributed by atoms with Crippen LogP contribution in [0.15, 0.2) is 21.3 Å². The molecule has 0 spiro atoms. The maximum absolute atomic E-state index is 3.78. The summed E-state index contributed by atoms with van der Waals surface area (Å²) >= 11 is 7.63. The number of thiophene rings is 2. The first kappa shape index (κ1) is 19.2. The fourth-order valence-corrected chi connectivity index (χ4v) is 5.96. The third-order valence-corrected chi connectivity index (χ3v) is 7.53. The Morgan fingerprint density at radius 3 is 2.22 bits per heavy atom. The van der Waals surface area contributed by atoms with Crippen molar-refractivity contribution in [2.45, 2.75) is 78.1 Å². The number of halogens is 1. The molecule has 0 aromatic carbocycles. The molecule has 0 amide bonds. The van der Waals surface area contributed by atoms with Gasteiger partial charge in [0, 0.05) is 19.6 Å². The SMILES string of the molecule is CCCCCCc1ccsc1-c1scc(Br)c1CCCCCC. The van der Waals surface area contributed by atoms with Gasteiger partial charge in [-0.05, 0) is 64.2 Å². The Bertz CT molecular complexity index is 568. The van der Waals surface area contributed by atoms with Gasteiger partial charge in [-0.2, -0.15) is 0 Å². The van der Waals surface area contributed by atoms with Crippen molar-refractivity contribution in [2.75, 3.05) is 0 Å². The first-order valence-corrected chi connectivity index (χ1v) is 11.7. The molecule has 2 rings (SSSR count). The summed E-state index contributed by atoms with van der Waals surface area (Å²) in [4.78, 5) is 3.05. The Balaban J connectivity index is 2.05. The molecule has 0 nitrogen and oxygen atoms in total. The Kier molecular flexibility index (Phi) is 8.92. The van der Waals surface area contributed by atoms with Crippen molar-refractivity contribution in [3.63, 3.8) is 0 Å². The van der Waals surface area contributed by atoms with E-state index in [4.69, 9.17) is 0 Å². The Morgan fingerprint density at radius 2 is 1.52 bits per heavy atom. The fourth-order valence-electron chi connectivity index (χ4n) is 2.99. The van der Waals surface area contributed by atoms with E-state index in [1.807, 2.05) is 22.7 Å². The summed E-state index contributed by atoms with van der Waals surface area (Å²) < 4.78 is 1.32. The lowest BCUT2D eigenvalue weighted by atomic mass is 10.0. The van der Waals surface area contributed by atoms with E-state index in [0.717, 1.165) is 0 Å². The standard InChI is InChI=1S/C20H29BrS2/c1-3-5-7-9-11-16-13-14-22-19(16)20-17(18(21)15-23-20)12-10-8-6-4-2/h13-15H,3-12H2,1-2H3. The molecule has 0 bridgehead atoms. The van der Waals surface area contributed by atoms with Crippen molar-refractivity contribution >= 4 is 38.6 Å². The van der Waals surface area contributed by atoms with Gasteiger partial charge >= 0.3 is 0 Å². The minimum absolute atomic E-state index is 1.21. The van der Waals surface area contributed by atoms with Crippen LogP contribution in [0.25, 0.3) is 9.75 Å². The molecular formula is C20H29BrS2. The average molecular weight is 413 g/mol. The van der Waals surface area contributed by atoms with E-state index in [1.54, 1.807) is 11.1 Å². The van der Waals surface area contributed by atoms with Gasteiger partial charge in [-0.1, -0.05) is 52.4 Å². The molecule has 2 aromatic rings. The predicted octanol–water partition coefficient (Wildman–Crippen LogP) is 8.48. The summed E-state index contributed by atoms with van der Waals surface area (Å²) in [5.41, 5.74) is 3.11. The second-order valence-electron chi connectivity index (χ2n) is 6.29. The molecular weight excluding hydrogens is 384 g/mol. The molecule has 0 saturated carbocycles. The molecule has 3 heteroatoms. The molecule has 0 aliphatic rings. The molecule has 0 unspecified atom stereocenters. The van der Waals surface area contributed by atoms with Crippen molar-refractivity contribution in [3.05, 3.63) is 32.4 Å². The van der Waals surface area contributed by atoms with Gasteiger partial charge in [-0.3, -0.25) is 0 Å². The van der Waals surface area contributed by atoms with Gasteiger partial charge in [0.2, 0.25) is 0 Å². The number of hydrogen-bond acceptors (Lipinski definition) is 2. The normalized spacial score (nSPS) is 11.3. The lowest BCUT2D eigenvalue weighted by molar-refractivity contribution is 0.666. The van der Waals surface area contributed by atoms with E-state index in [9.17, 15) is 0 Å². The van der Waals surface area contributed by atoms with E-state index in [0.29, 0.717) is 0 Å². The maximum atomic E-state index is 3.78. The van der Waals surface area contributed by atoms with Gasteiger partial charge in [0.05, 0.1) is 0 Å². The largest absolute Gasteiger partial charge is 0.143 e. The smallest absolute Gasteiger partial charge is 0.0488 e. The predicted molar refractivity (Wildman–Crippen MR) is 111 cm³/mol. The van der Waals surface area contributed by atoms with Gasteiger partial charge in [0.1, 0.15) is 0 Å². The Morgan fingerprint density at radius 1 is 0.826 bits per heavy atom. The van der Waals surface area contributed by atoms with Crippen molar-refractivity contribution in [3.8, 4) is 9.75 Å². The third kappa shape index (κ3) is 5.72. The molecule has 2 heterocycles. The zero-order valence-electron chi connectivity index (χ0n) is 14.5. The number of hydrogen-bond donors (Lipinski definition) is 0. The van der Waals surface area contributed by atoms with Gasteiger partial charge in [0.15, 0.2) is 0 Å². The van der Waals surface area contributed by atoms with Crippen LogP contribution in [0.4, 0.5) is 0 Å². The number of aryl methyl sites for hydroxylation is 1. The van der Waals surface area contributed by atoms with Crippen molar-refractivity contribution in [2.24, 2.45) is 0 Å². The monoisotopic (exact) mass is 412 g/mol. The molecule has 2 aromatic heterocycles. The molecule has 0 N–H and O–H groups in total. The van der Waals surface area contributed by atoms with Crippen LogP contribution in [0.1, 0.15) is 76.3 Å². The van der Waals surface area contributed by atoms with E-state index in [-0.39, 0.29) is 0 Å². The lowest BCUT2D eigenvalue weighted by Gasteiger charge is -2.07. The molecule has 0 atom stereocenters. The zero-order chi connectivity index (χ0) is 16.5. The minimum Gasteiger partial charge on any atom is -0.143 e. The van der Waals surface area contributed by atoms with Crippen LogP contribution in [0.5, 0.6) is 0 Å². The fraction of sp³-hybridized carbons (Fsp3) is 0.600. The maximum Gasteiger partial charge on any atom is 0.0488 e. The van der Waals surface area contributed by atoms with Crippen LogP contribution in [0, 0.1) is 0 Å². The average Bonchev–Trinajstić information content (AvgIpc) is 3.15. The van der Waals surface area contributed by atoms with Crippen molar-refractivity contribution in [1.82, 2.24) is 0 Å². The highest BCUT2D eigenvalue weighted by Gasteiger charge is 2.15. The van der Waals surface area contributed by atoms with E-state index in [1.165, 1.54) is 78.4 Å². The number of rotatable bonds is 11. The summed E-state index contributed by atoms with van der Waals surface area (Å²) in [6.45, 7) is 4.56. The van der Waals surface area contributed by atoms with Crippen molar-refractivity contribution in [1.29, 1.82) is 0 Å². The summed E-state index contributed by atoms with van der Waals surface area (Å²) in [5.74, 6) is 0. The van der Waals surface area contributed by atoms with Crippen LogP contribution < -0.4 is 0 Å². The lowest BCUT2D eigenvalue weighted by Crippen LogP contribution is -1.90. The zero-order valence-corrected chi connectivity index (χ0v) is 17.7. The third-order valence-electron chi connectivity index (χ3n) is 4.38. The Hall–Kier alpha value is -0.120. The van der Waals surface area contributed by atoms with E-state index < -0.39 is 0 Å². The van der Waals surface area contributed by atoms with Crippen LogP contribution >= 0.6 is 38.6 Å². The quantitative estimate of drug-likeness (QED) is 0.324. The van der Waals surface area contributed by atoms with Gasteiger partial charge in [-0.15, -0.1) is 22.7 Å². The van der Waals surface area contributed by atoms with Gasteiger partial charge < -0.3 is 0 Å². The van der Waals surface area contributed by atoms with Crippen LogP contribution in [0.2, 0.25) is 0 Å². The Labute approximate surface area is 158 Å². The number of unbranched alkanes of at least 4 members (excludes halogenated alkanes) is 6. The van der Waals surface area contributed by atoms with Crippen LogP contribution in [-0.4, -0.2) is 0 Å². The first-order valence-electron chi connectivity index (χ1n) is 9.10. The second-order valence-corrected chi connectivity index (χ2v) is 8.94. The van der Waals surface area contributed by atoms with Gasteiger partial charge in [0.25, 0.3) is 0 Å². The summed E-state index contributed by atoms with van der Waals surface area (Å²) in [5, 5.41) is 4.56. The molecule has 0 aliphatic carbocycles. The summed E-state index contributed by atoms with van der Waals surface area (Å²) in [6.07, 6.45) is 13.2. The highest BCUT2D eigenvalue weighted by atomic mass is 79.9. The second kappa shape index (κ2) is 10.7. The highest BCUT2D eigenvalue weighted by molar-refractivity contribution is 9.10. The molecule has 23 heavy (non-hydrogen) atoms. The molecule has 0 saturated heterocycles. The first-order chi connectivity index (χ1) is 11.3. The molecule has 0 fully saturated rings. The topological polar surface area (TPSA) is 0 Å². The minimum atomic E-state index is 1.21. The summed E-state index contributed by atoms with van der Waals surface area (Å²) in [7, 11) is 0. The molecule has 0 radical (unpaired) electrons. The van der Waals surface area contributed by atoms with Gasteiger partial charge in [-0.25, -0.2) is 0 Å². The van der Waals surface area contributed by atoms with E-state index in [2.05, 4.69) is 46.6 Å². The molecule has 128 valence electrons. The van der Waals surface area contributed by atoms with Crippen LogP contribution in [-0.2, 0) is 12.8 Å². The highest BCUT2D eigenvalue weighted by Crippen LogP contribution is 2.41. The molecule has 0 aliphatic heterocycles. The summed E-state index contributed by atoms with van der Waals surface area (Å²) in [6, 6.07) is 2.35. The van der Waals surface area contributed by atoms with Crippen molar-refractivity contribution < 1.29 is 0 Å². The van der Waals surface area contributed by atoms with E-state index >= 15 is 0 Å².